The van der Waals surface area contributed by atoms with Gasteiger partial charge in [-0.25, -0.2) is 0 Å². The van der Waals surface area contributed by atoms with Gasteiger partial charge in [0.05, 0.1) is 18.9 Å². The van der Waals surface area contributed by atoms with Crippen molar-refractivity contribution in [1.29, 1.82) is 0 Å². The van der Waals surface area contributed by atoms with E-state index in [0.717, 1.165) is 17.3 Å². The molecule has 0 N–H and O–H groups in total. The second kappa shape index (κ2) is 7.27. The molecule has 0 atom stereocenters. The molecule has 1 saturated heterocycles. The summed E-state index contributed by atoms with van der Waals surface area (Å²) < 4.78 is 46.5. The van der Waals surface area contributed by atoms with Crippen LogP contribution in [0, 0.1) is 6.92 Å². The van der Waals surface area contributed by atoms with Crippen molar-refractivity contribution in [2.24, 2.45) is 0 Å². The van der Waals surface area contributed by atoms with Gasteiger partial charge in [-0.05, 0) is 38.3 Å². The predicted octanol–water partition coefficient (Wildman–Crippen LogP) is 4.43. The van der Waals surface area contributed by atoms with Gasteiger partial charge in [0.2, 0.25) is 5.79 Å². The van der Waals surface area contributed by atoms with Gasteiger partial charge >= 0.3 is 6.18 Å². The van der Waals surface area contributed by atoms with Gasteiger partial charge in [0.25, 0.3) is 0 Å². The minimum Gasteiger partial charge on any atom is -0.342 e. The van der Waals surface area contributed by atoms with E-state index in [1.807, 2.05) is 32.2 Å². The van der Waals surface area contributed by atoms with Gasteiger partial charge in [-0.1, -0.05) is 24.3 Å². The number of rotatable bonds is 1. The van der Waals surface area contributed by atoms with E-state index >= 15 is 0 Å². The van der Waals surface area contributed by atoms with Crippen LogP contribution < -0.4 is 0 Å². The second-order valence-electron chi connectivity index (χ2n) is 5.52. The van der Waals surface area contributed by atoms with E-state index in [2.05, 4.69) is 4.98 Å². The molecule has 1 aromatic heterocycles. The fourth-order valence-corrected chi connectivity index (χ4v) is 2.24. The van der Waals surface area contributed by atoms with E-state index in [0.29, 0.717) is 19.6 Å². The number of pyridine rings is 1. The summed E-state index contributed by atoms with van der Waals surface area (Å²) in [6.07, 6.45) is 2.65. The molecule has 3 rings (SSSR count). The third kappa shape index (κ3) is 4.91. The Balaban J connectivity index is 0.000000174. The Hall–Kier alpha value is -1.66. The van der Waals surface area contributed by atoms with Gasteiger partial charge in [-0.3, -0.25) is 4.98 Å². The Morgan fingerprint density at radius 2 is 1.87 bits per heavy atom. The van der Waals surface area contributed by atoms with Crippen molar-refractivity contribution in [2.45, 2.75) is 38.7 Å². The molecule has 6 heteroatoms. The largest absolute Gasteiger partial charge is 0.412 e. The Kier molecular flexibility index (Phi) is 5.59. The SMILES string of the molecule is Cc1ccc(C2(C)OCCO2)nc1.FC(F)(F)C1=CC=CCC1. The van der Waals surface area contributed by atoms with Crippen molar-refractivity contribution in [1.82, 2.24) is 4.98 Å². The molecule has 0 amide bonds. The Bertz CT molecular complexity index is 570. The second-order valence-corrected chi connectivity index (χ2v) is 5.52. The van der Waals surface area contributed by atoms with Crippen molar-refractivity contribution in [3.05, 3.63) is 53.4 Å². The first-order valence-corrected chi connectivity index (χ1v) is 7.45. The Morgan fingerprint density at radius 1 is 1.17 bits per heavy atom. The lowest BCUT2D eigenvalue weighted by Crippen LogP contribution is -2.23. The highest BCUT2D eigenvalue weighted by Crippen LogP contribution is 2.30. The maximum absolute atomic E-state index is 11.8. The maximum atomic E-state index is 11.8. The zero-order valence-corrected chi connectivity index (χ0v) is 13.2. The van der Waals surface area contributed by atoms with E-state index in [4.69, 9.17) is 9.47 Å². The molecule has 0 spiro atoms. The highest BCUT2D eigenvalue weighted by molar-refractivity contribution is 5.21. The number of aryl methyl sites for hydroxylation is 1. The van der Waals surface area contributed by atoms with Gasteiger partial charge in [-0.2, -0.15) is 13.2 Å². The summed E-state index contributed by atoms with van der Waals surface area (Å²) in [6.45, 7) is 5.20. The number of ether oxygens (including phenoxy) is 2. The van der Waals surface area contributed by atoms with Crippen molar-refractivity contribution in [3.8, 4) is 0 Å². The number of hydrogen-bond donors (Lipinski definition) is 0. The van der Waals surface area contributed by atoms with Crippen LogP contribution >= 0.6 is 0 Å². The molecule has 2 aliphatic rings. The Morgan fingerprint density at radius 3 is 2.30 bits per heavy atom. The van der Waals surface area contributed by atoms with Crippen LogP contribution in [-0.4, -0.2) is 24.4 Å². The normalized spacial score (nSPS) is 19.8. The quantitative estimate of drug-likeness (QED) is 0.764. The molecule has 0 saturated carbocycles. The van der Waals surface area contributed by atoms with Gasteiger partial charge in [-0.15, -0.1) is 0 Å². The van der Waals surface area contributed by atoms with E-state index in [1.165, 1.54) is 6.08 Å². The molecule has 23 heavy (non-hydrogen) atoms. The number of halogens is 3. The molecule has 0 unspecified atom stereocenters. The summed E-state index contributed by atoms with van der Waals surface area (Å²) in [5.74, 6) is -0.631. The lowest BCUT2D eigenvalue weighted by Gasteiger charge is -2.21. The topological polar surface area (TPSA) is 31.4 Å². The summed E-state index contributed by atoms with van der Waals surface area (Å²) in [5.41, 5.74) is 1.57. The molecular weight excluding hydrogens is 307 g/mol. The first-order valence-electron chi connectivity index (χ1n) is 7.45. The van der Waals surface area contributed by atoms with Gasteiger partial charge in [0.15, 0.2) is 0 Å². The van der Waals surface area contributed by atoms with Crippen molar-refractivity contribution < 1.29 is 22.6 Å². The number of hydrogen-bond acceptors (Lipinski definition) is 3. The molecule has 3 nitrogen and oxygen atoms in total. The molecule has 126 valence electrons. The molecule has 1 aliphatic heterocycles. The summed E-state index contributed by atoms with van der Waals surface area (Å²) in [6, 6.07) is 3.96. The fraction of sp³-hybridized carbons (Fsp3) is 0.471. The monoisotopic (exact) mass is 327 g/mol. The van der Waals surface area contributed by atoms with Gasteiger partial charge in [0, 0.05) is 11.8 Å². The number of allylic oxidation sites excluding steroid dienone is 4. The standard InChI is InChI=1S/C10H13NO2.C7H7F3/c1-8-3-4-9(11-7-8)10(2)12-5-6-13-10;8-7(9,10)6-4-2-1-3-5-6/h3-4,7H,5-6H2,1-2H3;1-2,4H,3,5H2. The van der Waals surface area contributed by atoms with Crippen LogP contribution in [0.25, 0.3) is 0 Å². The maximum Gasteiger partial charge on any atom is 0.412 e. The van der Waals surface area contributed by atoms with E-state index in [1.54, 1.807) is 6.08 Å². The molecule has 0 bridgehead atoms. The zero-order chi connectivity index (χ0) is 16.9. The minimum absolute atomic E-state index is 0.125. The first kappa shape index (κ1) is 17.7. The van der Waals surface area contributed by atoms with Gasteiger partial charge < -0.3 is 9.47 Å². The zero-order valence-electron chi connectivity index (χ0n) is 13.2. The van der Waals surface area contributed by atoms with Crippen LogP contribution in [0.1, 0.15) is 31.0 Å². The lowest BCUT2D eigenvalue weighted by molar-refractivity contribution is -0.152. The molecule has 0 radical (unpaired) electrons. The van der Waals surface area contributed by atoms with Crippen molar-refractivity contribution in [2.75, 3.05) is 13.2 Å². The van der Waals surface area contributed by atoms with E-state index in [-0.39, 0.29) is 6.42 Å². The minimum atomic E-state index is -4.12. The highest BCUT2D eigenvalue weighted by Gasteiger charge is 2.34. The number of aromatic nitrogens is 1. The van der Waals surface area contributed by atoms with Crippen LogP contribution in [0.4, 0.5) is 13.2 Å². The first-order chi connectivity index (χ1) is 10.8. The van der Waals surface area contributed by atoms with Crippen LogP contribution in [0.15, 0.2) is 42.1 Å². The average Bonchev–Trinajstić information content (AvgIpc) is 2.97. The van der Waals surface area contributed by atoms with Crippen LogP contribution in [0.5, 0.6) is 0 Å². The third-order valence-corrected chi connectivity index (χ3v) is 3.59. The van der Waals surface area contributed by atoms with E-state index in [9.17, 15) is 13.2 Å². The molecule has 2 heterocycles. The number of alkyl halides is 3. The van der Waals surface area contributed by atoms with Crippen molar-refractivity contribution in [3.63, 3.8) is 0 Å². The van der Waals surface area contributed by atoms with Crippen molar-refractivity contribution >= 4 is 0 Å². The lowest BCUT2D eigenvalue weighted by atomic mass is 10.1. The molecule has 1 fully saturated rings. The molecule has 1 aromatic rings. The summed E-state index contributed by atoms with van der Waals surface area (Å²) >= 11 is 0. The summed E-state index contributed by atoms with van der Waals surface area (Å²) in [5, 5.41) is 0. The van der Waals surface area contributed by atoms with Crippen LogP contribution in [-0.2, 0) is 15.3 Å². The molecular formula is C17H20F3NO2. The summed E-state index contributed by atoms with van der Waals surface area (Å²) in [4.78, 5) is 4.28. The summed E-state index contributed by atoms with van der Waals surface area (Å²) in [7, 11) is 0. The highest BCUT2D eigenvalue weighted by atomic mass is 19.4. The fourth-order valence-electron chi connectivity index (χ4n) is 2.24. The van der Waals surface area contributed by atoms with E-state index < -0.39 is 17.5 Å². The Labute approximate surface area is 133 Å². The smallest absolute Gasteiger partial charge is 0.342 e. The molecule has 0 aromatic carbocycles. The third-order valence-electron chi connectivity index (χ3n) is 3.59. The molecule has 1 aliphatic carbocycles. The predicted molar refractivity (Wildman–Crippen MR) is 80.7 cm³/mol. The average molecular weight is 327 g/mol. The van der Waals surface area contributed by atoms with Crippen LogP contribution in [0.2, 0.25) is 0 Å². The van der Waals surface area contributed by atoms with Gasteiger partial charge in [0.1, 0.15) is 0 Å². The number of nitrogens with zero attached hydrogens (tertiary/aromatic N) is 1. The van der Waals surface area contributed by atoms with Crippen LogP contribution in [0.3, 0.4) is 0 Å².